The van der Waals surface area contributed by atoms with Gasteiger partial charge in [0.05, 0.1) is 0 Å². The van der Waals surface area contributed by atoms with Crippen molar-refractivity contribution in [1.29, 1.82) is 0 Å². The Morgan fingerprint density at radius 3 is 1.96 bits per heavy atom. The Balaban J connectivity index is 1.60. The summed E-state index contributed by atoms with van der Waals surface area (Å²) in [6.07, 6.45) is 15.8. The molecule has 1 aromatic rings. The van der Waals surface area contributed by atoms with Gasteiger partial charge in [0.2, 0.25) is 5.91 Å². The Kier molecular flexibility index (Phi) is 5.56. The zero-order valence-corrected chi connectivity index (χ0v) is 14.1. The monoisotopic (exact) mass is 329 g/mol. The number of amides is 1. The van der Waals surface area contributed by atoms with Crippen LogP contribution < -0.4 is 5.32 Å². The average molecular weight is 330 g/mol. The second-order valence-electron chi connectivity index (χ2n) is 6.52. The molecule has 2 aliphatic rings. The molecule has 3 atom stereocenters. The van der Waals surface area contributed by atoms with Gasteiger partial charge >= 0.3 is 0 Å². The van der Waals surface area contributed by atoms with Crippen LogP contribution in [0.25, 0.3) is 0 Å². The third-order valence-corrected chi connectivity index (χ3v) is 5.16. The second kappa shape index (κ2) is 7.83. The summed E-state index contributed by atoms with van der Waals surface area (Å²) in [5, 5.41) is 3.74. The summed E-state index contributed by atoms with van der Waals surface area (Å²) in [5.74, 6) is 1.43. The molecule has 1 amide bonds. The zero-order valence-electron chi connectivity index (χ0n) is 13.4. The number of halogens is 1. The molecule has 0 aromatic heterocycles. The summed E-state index contributed by atoms with van der Waals surface area (Å²) in [6, 6.07) is 7.34. The van der Waals surface area contributed by atoms with E-state index in [0.717, 1.165) is 44.2 Å². The average Bonchev–Trinajstić information content (AvgIpc) is 3.22. The largest absolute Gasteiger partial charge is 0.326 e. The van der Waals surface area contributed by atoms with Crippen LogP contribution >= 0.6 is 11.6 Å². The van der Waals surface area contributed by atoms with Gasteiger partial charge in [0, 0.05) is 16.6 Å². The molecule has 2 nitrogen and oxygen atoms in total. The maximum absolute atomic E-state index is 12.6. The fraction of sp³-hybridized carbons (Fsp3) is 0.450. The molecule has 3 rings (SSSR count). The molecular formula is C20H24ClNO. The summed E-state index contributed by atoms with van der Waals surface area (Å²) in [5.41, 5.74) is 0.835. The minimum atomic E-state index is 0.171. The van der Waals surface area contributed by atoms with E-state index in [0.29, 0.717) is 16.9 Å². The molecule has 0 saturated heterocycles. The van der Waals surface area contributed by atoms with Gasteiger partial charge in [-0.05, 0) is 74.6 Å². The van der Waals surface area contributed by atoms with Crippen LogP contribution in [0.5, 0.6) is 0 Å². The highest BCUT2D eigenvalue weighted by atomic mass is 35.5. The van der Waals surface area contributed by atoms with Crippen LogP contribution in [-0.4, -0.2) is 5.91 Å². The smallest absolute Gasteiger partial charge is 0.228 e. The molecule has 3 heteroatoms. The van der Waals surface area contributed by atoms with E-state index in [4.69, 9.17) is 11.6 Å². The number of hydrogen-bond donors (Lipinski definition) is 1. The molecule has 1 aromatic carbocycles. The summed E-state index contributed by atoms with van der Waals surface area (Å²) in [6.45, 7) is 0. The number of benzene rings is 1. The normalized spacial score (nSPS) is 30.2. The molecule has 0 heterocycles. The molecule has 0 aliphatic heterocycles. The predicted octanol–water partition coefficient (Wildman–Crippen LogP) is 5.61. The van der Waals surface area contributed by atoms with Crippen molar-refractivity contribution in [3.63, 3.8) is 0 Å². The predicted molar refractivity (Wildman–Crippen MR) is 96.5 cm³/mol. The first-order valence-electron chi connectivity index (χ1n) is 8.62. The van der Waals surface area contributed by atoms with Crippen molar-refractivity contribution in [1.82, 2.24) is 0 Å². The first-order chi connectivity index (χ1) is 11.3. The van der Waals surface area contributed by atoms with E-state index in [-0.39, 0.29) is 11.8 Å². The third kappa shape index (κ3) is 4.48. The van der Waals surface area contributed by atoms with Gasteiger partial charge < -0.3 is 5.32 Å². The van der Waals surface area contributed by atoms with Gasteiger partial charge in [0.15, 0.2) is 0 Å². The van der Waals surface area contributed by atoms with Gasteiger partial charge in [-0.2, -0.15) is 0 Å². The molecule has 1 unspecified atom stereocenters. The van der Waals surface area contributed by atoms with Gasteiger partial charge in [-0.1, -0.05) is 35.9 Å². The summed E-state index contributed by atoms with van der Waals surface area (Å²) < 4.78 is 0. The van der Waals surface area contributed by atoms with Crippen LogP contribution in [0.2, 0.25) is 5.02 Å². The molecule has 0 spiro atoms. The highest BCUT2D eigenvalue weighted by Crippen LogP contribution is 2.52. The minimum absolute atomic E-state index is 0.171. The number of nitrogens with one attached hydrogen (secondary N) is 1. The van der Waals surface area contributed by atoms with Crippen molar-refractivity contribution < 1.29 is 4.79 Å². The lowest BCUT2D eigenvalue weighted by Crippen LogP contribution is -2.15. The number of anilines is 1. The van der Waals surface area contributed by atoms with Crippen LogP contribution in [-0.2, 0) is 4.79 Å². The van der Waals surface area contributed by atoms with E-state index in [1.165, 1.54) is 0 Å². The Hall–Kier alpha value is -1.54. The third-order valence-electron chi connectivity index (χ3n) is 4.91. The molecule has 1 N–H and O–H groups in total. The Morgan fingerprint density at radius 1 is 0.870 bits per heavy atom. The van der Waals surface area contributed by atoms with Crippen molar-refractivity contribution in [3.8, 4) is 0 Å². The number of hydrogen-bond acceptors (Lipinski definition) is 1. The quantitative estimate of drug-likeness (QED) is 0.702. The van der Waals surface area contributed by atoms with Crippen molar-refractivity contribution in [2.75, 3.05) is 5.32 Å². The molecule has 2 aliphatic carbocycles. The topological polar surface area (TPSA) is 29.1 Å². The highest BCUT2D eigenvalue weighted by Gasteiger charge is 2.52. The van der Waals surface area contributed by atoms with E-state index < -0.39 is 0 Å². The van der Waals surface area contributed by atoms with E-state index >= 15 is 0 Å². The molecule has 0 radical (unpaired) electrons. The number of carbonyl (C=O) groups excluding carboxylic acids is 1. The number of fused-ring (bicyclic) bond motifs is 1. The maximum atomic E-state index is 12.6. The lowest BCUT2D eigenvalue weighted by molar-refractivity contribution is -0.117. The van der Waals surface area contributed by atoms with Crippen LogP contribution in [0, 0.1) is 17.8 Å². The van der Waals surface area contributed by atoms with E-state index in [9.17, 15) is 4.79 Å². The molecule has 1 saturated carbocycles. The second-order valence-corrected chi connectivity index (χ2v) is 6.96. The number of allylic oxidation sites excluding steroid dienone is 4. The van der Waals surface area contributed by atoms with Crippen molar-refractivity contribution in [3.05, 3.63) is 53.6 Å². The summed E-state index contributed by atoms with van der Waals surface area (Å²) >= 11 is 5.89. The lowest BCUT2D eigenvalue weighted by Gasteiger charge is -2.05. The fourth-order valence-electron chi connectivity index (χ4n) is 3.62. The lowest BCUT2D eigenvalue weighted by atomic mass is 10.1. The Bertz CT molecular complexity index is 566. The molecule has 1 fully saturated rings. The van der Waals surface area contributed by atoms with Crippen molar-refractivity contribution >= 4 is 23.2 Å². The van der Waals surface area contributed by atoms with Crippen LogP contribution in [0.1, 0.15) is 38.5 Å². The summed E-state index contributed by atoms with van der Waals surface area (Å²) in [7, 11) is 0. The molecule has 122 valence electrons. The molecule has 0 bridgehead atoms. The summed E-state index contributed by atoms with van der Waals surface area (Å²) in [4.78, 5) is 12.6. The van der Waals surface area contributed by atoms with Crippen molar-refractivity contribution in [2.45, 2.75) is 38.5 Å². The van der Waals surface area contributed by atoms with E-state index in [1.807, 2.05) is 24.3 Å². The van der Waals surface area contributed by atoms with E-state index in [1.54, 1.807) is 0 Å². The van der Waals surface area contributed by atoms with Crippen LogP contribution in [0.3, 0.4) is 0 Å². The Labute approximate surface area is 143 Å². The van der Waals surface area contributed by atoms with Gasteiger partial charge in [-0.25, -0.2) is 0 Å². The van der Waals surface area contributed by atoms with Crippen molar-refractivity contribution in [2.24, 2.45) is 17.8 Å². The van der Waals surface area contributed by atoms with Gasteiger partial charge in [0.25, 0.3) is 0 Å². The fourth-order valence-corrected chi connectivity index (χ4v) is 3.75. The first-order valence-corrected chi connectivity index (χ1v) is 9.00. The van der Waals surface area contributed by atoms with Crippen LogP contribution in [0.15, 0.2) is 48.6 Å². The zero-order chi connectivity index (χ0) is 16.1. The van der Waals surface area contributed by atoms with Crippen LogP contribution in [0.4, 0.5) is 5.69 Å². The van der Waals surface area contributed by atoms with E-state index in [2.05, 4.69) is 29.6 Å². The molecule has 23 heavy (non-hydrogen) atoms. The van der Waals surface area contributed by atoms with Gasteiger partial charge in [0.1, 0.15) is 0 Å². The number of carbonyl (C=O) groups is 1. The standard InChI is InChI=1S/C20H24ClNO/c21-15-11-13-16(14-12-15)22-20(23)19-17-9-7-5-3-1-2-4-6-8-10-18(17)19/h3-6,11-14,17-19H,1-2,7-10H2,(H,22,23)/b5-3-,6-4+/t17-,18+,19?/m0/s1. The molecular weight excluding hydrogens is 306 g/mol. The van der Waals surface area contributed by atoms with Gasteiger partial charge in [-0.15, -0.1) is 0 Å². The first kappa shape index (κ1) is 16.3. The van der Waals surface area contributed by atoms with Gasteiger partial charge in [-0.3, -0.25) is 4.79 Å². The SMILES string of the molecule is O=C(Nc1ccc(Cl)cc1)C1[C@H]2CC/C=C\CC/C=C/CC[C@@H]12. The highest BCUT2D eigenvalue weighted by molar-refractivity contribution is 6.30. The maximum Gasteiger partial charge on any atom is 0.228 e. The minimum Gasteiger partial charge on any atom is -0.326 e. The number of rotatable bonds is 2. The Morgan fingerprint density at radius 2 is 1.39 bits per heavy atom.